The highest BCUT2D eigenvalue weighted by Gasteiger charge is 2.66. The van der Waals surface area contributed by atoms with Crippen LogP contribution >= 0.6 is 0 Å². The molecule has 21 heavy (non-hydrogen) atoms. The van der Waals surface area contributed by atoms with Crippen LogP contribution in [0.1, 0.15) is 45.6 Å². The van der Waals surface area contributed by atoms with Crippen LogP contribution < -0.4 is 0 Å². The monoisotopic (exact) mass is 284 g/mol. The van der Waals surface area contributed by atoms with Crippen molar-refractivity contribution in [2.45, 2.75) is 51.6 Å². The normalized spacial score (nSPS) is 32.9. The molecule has 0 aromatic heterocycles. The van der Waals surface area contributed by atoms with Crippen molar-refractivity contribution in [3.8, 4) is 0 Å². The molecular formula is C19H24O2. The molecule has 2 nitrogen and oxygen atoms in total. The topological polar surface area (TPSA) is 26.3 Å². The zero-order chi connectivity index (χ0) is 15.3. The summed E-state index contributed by atoms with van der Waals surface area (Å²) in [6.45, 7) is 10.1. The predicted molar refractivity (Wildman–Crippen MR) is 83.9 cm³/mol. The van der Waals surface area contributed by atoms with Crippen molar-refractivity contribution in [2.75, 3.05) is 0 Å². The van der Waals surface area contributed by atoms with E-state index >= 15 is 0 Å². The fourth-order valence-electron chi connectivity index (χ4n) is 4.71. The highest BCUT2D eigenvalue weighted by atomic mass is 16.5. The highest BCUT2D eigenvalue weighted by molar-refractivity contribution is 5.87. The number of carbonyl (C=O) groups is 1. The number of fused-ring (bicyclic) bond motifs is 2. The molecular weight excluding hydrogens is 260 g/mol. The second-order valence-electron chi connectivity index (χ2n) is 7.20. The van der Waals surface area contributed by atoms with E-state index in [1.54, 1.807) is 6.92 Å². The van der Waals surface area contributed by atoms with Gasteiger partial charge in [-0.15, -0.1) is 0 Å². The van der Waals surface area contributed by atoms with Gasteiger partial charge in [-0.3, -0.25) is 0 Å². The SMILES string of the molecule is C=C(C)C(=O)OC1CC2CCC1(c1ccccc1)C2(C)C. The fraction of sp³-hybridized carbons (Fsp3) is 0.526. The molecule has 2 bridgehead atoms. The number of benzene rings is 1. The summed E-state index contributed by atoms with van der Waals surface area (Å²) in [5.41, 5.74) is 1.91. The van der Waals surface area contributed by atoms with Gasteiger partial charge < -0.3 is 4.74 Å². The molecule has 0 amide bonds. The van der Waals surface area contributed by atoms with Crippen molar-refractivity contribution >= 4 is 5.97 Å². The zero-order valence-electron chi connectivity index (χ0n) is 13.2. The Kier molecular flexibility index (Phi) is 3.23. The summed E-state index contributed by atoms with van der Waals surface area (Å²) >= 11 is 0. The van der Waals surface area contributed by atoms with Gasteiger partial charge in [0.2, 0.25) is 0 Å². The minimum absolute atomic E-state index is 0.0298. The number of ether oxygens (including phenoxy) is 1. The predicted octanol–water partition coefficient (Wildman–Crippen LogP) is 4.25. The first-order valence-corrected chi connectivity index (χ1v) is 7.81. The van der Waals surface area contributed by atoms with E-state index in [0.29, 0.717) is 11.5 Å². The van der Waals surface area contributed by atoms with Crippen LogP contribution in [0.3, 0.4) is 0 Å². The Bertz CT molecular complexity index is 572. The van der Waals surface area contributed by atoms with Gasteiger partial charge >= 0.3 is 5.97 Å². The third-order valence-corrected chi connectivity index (χ3v) is 5.99. The standard InChI is InChI=1S/C19H24O2/c1-13(2)17(20)21-16-12-15-10-11-19(16,18(15,3)4)14-8-6-5-7-9-14/h5-9,15-16H,1,10-12H2,2-4H3. The molecule has 0 saturated heterocycles. The molecule has 2 heteroatoms. The van der Waals surface area contributed by atoms with Gasteiger partial charge in [0.1, 0.15) is 6.10 Å². The van der Waals surface area contributed by atoms with Crippen LogP contribution in [0.15, 0.2) is 42.5 Å². The summed E-state index contributed by atoms with van der Waals surface area (Å²) in [6.07, 6.45) is 3.27. The number of carbonyl (C=O) groups excluding carboxylic acids is 1. The summed E-state index contributed by atoms with van der Waals surface area (Å²) in [5, 5.41) is 0. The van der Waals surface area contributed by atoms with Crippen LogP contribution in [0.2, 0.25) is 0 Å². The molecule has 0 aliphatic heterocycles. The molecule has 0 radical (unpaired) electrons. The maximum Gasteiger partial charge on any atom is 0.333 e. The number of hydrogen-bond donors (Lipinski definition) is 0. The molecule has 2 aliphatic rings. The van der Waals surface area contributed by atoms with Crippen molar-refractivity contribution in [2.24, 2.45) is 11.3 Å². The molecule has 2 aliphatic carbocycles. The van der Waals surface area contributed by atoms with Gasteiger partial charge in [-0.25, -0.2) is 4.79 Å². The Balaban J connectivity index is 2.03. The average molecular weight is 284 g/mol. The van der Waals surface area contributed by atoms with Gasteiger partial charge in [-0.1, -0.05) is 50.8 Å². The lowest BCUT2D eigenvalue weighted by Gasteiger charge is -2.42. The van der Waals surface area contributed by atoms with E-state index in [0.717, 1.165) is 12.8 Å². The Labute approximate surface area is 127 Å². The van der Waals surface area contributed by atoms with E-state index in [2.05, 4.69) is 44.7 Å². The Hall–Kier alpha value is -1.57. The average Bonchev–Trinajstić information content (AvgIpc) is 2.83. The first-order valence-electron chi connectivity index (χ1n) is 7.81. The van der Waals surface area contributed by atoms with Crippen LogP contribution in [0.5, 0.6) is 0 Å². The Morgan fingerprint density at radius 2 is 1.95 bits per heavy atom. The van der Waals surface area contributed by atoms with Crippen molar-refractivity contribution in [3.63, 3.8) is 0 Å². The number of hydrogen-bond acceptors (Lipinski definition) is 2. The smallest absolute Gasteiger partial charge is 0.333 e. The largest absolute Gasteiger partial charge is 0.458 e. The summed E-state index contributed by atoms with van der Waals surface area (Å²) in [6, 6.07) is 10.6. The van der Waals surface area contributed by atoms with Gasteiger partial charge in [0.15, 0.2) is 0 Å². The van der Waals surface area contributed by atoms with Crippen LogP contribution in [0, 0.1) is 11.3 Å². The third kappa shape index (κ3) is 1.88. The Morgan fingerprint density at radius 1 is 1.29 bits per heavy atom. The summed E-state index contributed by atoms with van der Waals surface area (Å²) in [5.74, 6) is 0.374. The Morgan fingerprint density at radius 3 is 2.52 bits per heavy atom. The molecule has 2 saturated carbocycles. The van der Waals surface area contributed by atoms with Crippen molar-refractivity contribution in [1.29, 1.82) is 0 Å². The van der Waals surface area contributed by atoms with E-state index in [9.17, 15) is 4.79 Å². The quantitative estimate of drug-likeness (QED) is 0.612. The lowest BCUT2D eigenvalue weighted by Crippen LogP contribution is -2.45. The van der Waals surface area contributed by atoms with Crippen LogP contribution in [-0.4, -0.2) is 12.1 Å². The summed E-state index contributed by atoms with van der Waals surface area (Å²) in [7, 11) is 0. The zero-order valence-corrected chi connectivity index (χ0v) is 13.2. The molecule has 0 heterocycles. The molecule has 112 valence electrons. The molecule has 3 rings (SSSR count). The van der Waals surface area contributed by atoms with Gasteiger partial charge in [-0.05, 0) is 43.1 Å². The maximum absolute atomic E-state index is 12.0. The maximum atomic E-state index is 12.0. The molecule has 3 atom stereocenters. The molecule has 1 aromatic carbocycles. The second kappa shape index (κ2) is 4.72. The summed E-state index contributed by atoms with van der Waals surface area (Å²) in [4.78, 5) is 12.0. The lowest BCUT2D eigenvalue weighted by molar-refractivity contribution is -0.148. The van der Waals surface area contributed by atoms with Crippen molar-refractivity contribution < 1.29 is 9.53 Å². The van der Waals surface area contributed by atoms with Gasteiger partial charge in [0.05, 0.1) is 0 Å². The molecule has 2 fully saturated rings. The minimum atomic E-state index is -0.251. The first-order chi connectivity index (χ1) is 9.89. The van der Waals surface area contributed by atoms with Crippen LogP contribution in [-0.2, 0) is 14.9 Å². The van der Waals surface area contributed by atoms with Crippen molar-refractivity contribution in [3.05, 3.63) is 48.0 Å². The van der Waals surface area contributed by atoms with Crippen LogP contribution in [0.25, 0.3) is 0 Å². The van der Waals surface area contributed by atoms with Gasteiger partial charge in [0.25, 0.3) is 0 Å². The second-order valence-corrected chi connectivity index (χ2v) is 7.20. The molecule has 3 unspecified atom stereocenters. The minimum Gasteiger partial charge on any atom is -0.458 e. The van der Waals surface area contributed by atoms with E-state index in [1.807, 2.05) is 6.07 Å². The van der Waals surface area contributed by atoms with Crippen LogP contribution in [0.4, 0.5) is 0 Å². The van der Waals surface area contributed by atoms with E-state index in [-0.39, 0.29) is 22.9 Å². The lowest BCUT2D eigenvalue weighted by atomic mass is 9.64. The molecule has 0 spiro atoms. The van der Waals surface area contributed by atoms with Crippen molar-refractivity contribution in [1.82, 2.24) is 0 Å². The summed E-state index contributed by atoms with van der Waals surface area (Å²) < 4.78 is 5.86. The van der Waals surface area contributed by atoms with E-state index < -0.39 is 0 Å². The molecule has 0 N–H and O–H groups in total. The first kappa shape index (κ1) is 14.4. The highest BCUT2D eigenvalue weighted by Crippen LogP contribution is 2.67. The fourth-order valence-corrected chi connectivity index (χ4v) is 4.71. The number of rotatable bonds is 3. The molecule has 1 aromatic rings. The van der Waals surface area contributed by atoms with Gasteiger partial charge in [0, 0.05) is 11.0 Å². The third-order valence-electron chi connectivity index (χ3n) is 5.99. The number of esters is 1. The van der Waals surface area contributed by atoms with E-state index in [1.165, 1.54) is 12.0 Å². The van der Waals surface area contributed by atoms with E-state index in [4.69, 9.17) is 4.74 Å². The van der Waals surface area contributed by atoms with Gasteiger partial charge in [-0.2, -0.15) is 0 Å².